The second-order valence-electron chi connectivity index (χ2n) is 6.19. The molecular weight excluding hydrogens is 334 g/mol. The molecule has 3 atom stereocenters. The summed E-state index contributed by atoms with van der Waals surface area (Å²) in [6.07, 6.45) is 2.66. The number of hydrogen-bond acceptors (Lipinski definition) is 6. The minimum absolute atomic E-state index is 0.0528. The number of rotatable bonds is 5. The Hall–Kier alpha value is -1.71. The molecule has 0 aliphatic carbocycles. The van der Waals surface area contributed by atoms with Crippen LogP contribution in [0.4, 0.5) is 0 Å². The van der Waals surface area contributed by atoms with Crippen molar-refractivity contribution < 1.29 is 22.7 Å². The summed E-state index contributed by atoms with van der Waals surface area (Å²) in [4.78, 5) is 18.5. The van der Waals surface area contributed by atoms with Gasteiger partial charge >= 0.3 is 0 Å². The van der Waals surface area contributed by atoms with Gasteiger partial charge in [0.25, 0.3) is 5.91 Å². The second-order valence-corrected chi connectivity index (χ2v) is 8.02. The Morgan fingerprint density at radius 2 is 2.29 bits per heavy atom. The molecule has 2 aliphatic heterocycles. The van der Waals surface area contributed by atoms with E-state index < -0.39 is 10.0 Å². The first-order chi connectivity index (χ1) is 11.4. The van der Waals surface area contributed by atoms with Crippen molar-refractivity contribution >= 4 is 15.9 Å². The Kier molecular flexibility index (Phi) is 4.75. The van der Waals surface area contributed by atoms with Crippen molar-refractivity contribution in [2.45, 2.75) is 6.10 Å². The molecule has 24 heavy (non-hydrogen) atoms. The predicted octanol–water partition coefficient (Wildman–Crippen LogP) is -0.274. The topological polar surface area (TPSA) is 97.8 Å². The van der Waals surface area contributed by atoms with Crippen LogP contribution in [0.15, 0.2) is 18.3 Å². The summed E-state index contributed by atoms with van der Waals surface area (Å²) in [7, 11) is -1.75. The molecule has 1 N–H and O–H groups in total. The van der Waals surface area contributed by atoms with E-state index in [1.165, 1.54) is 7.11 Å². The van der Waals surface area contributed by atoms with Crippen molar-refractivity contribution in [1.29, 1.82) is 0 Å². The lowest BCUT2D eigenvalue weighted by molar-refractivity contribution is 0.0675. The molecule has 8 nitrogen and oxygen atoms in total. The number of carbonyl (C=O) groups excluding carboxylic acids is 1. The SMILES string of the molecule is COc1ncccc1C(=O)N1C[C@H]2[C@H](CNS(C)(=O)=O)CO[C@H]2C1. The summed E-state index contributed by atoms with van der Waals surface area (Å²) in [6, 6.07) is 3.38. The van der Waals surface area contributed by atoms with Crippen LogP contribution in [0, 0.1) is 11.8 Å². The van der Waals surface area contributed by atoms with Gasteiger partial charge in [-0.05, 0) is 12.1 Å². The molecule has 0 unspecified atom stereocenters. The summed E-state index contributed by atoms with van der Waals surface area (Å²) < 4.78 is 36.0. The van der Waals surface area contributed by atoms with Crippen LogP contribution in [-0.4, -0.2) is 69.9 Å². The zero-order valence-corrected chi connectivity index (χ0v) is 14.5. The van der Waals surface area contributed by atoms with E-state index in [0.29, 0.717) is 37.7 Å². The number of carbonyl (C=O) groups is 1. The Morgan fingerprint density at radius 1 is 1.50 bits per heavy atom. The van der Waals surface area contributed by atoms with Crippen LogP contribution >= 0.6 is 0 Å². The number of amides is 1. The van der Waals surface area contributed by atoms with Crippen LogP contribution in [0.25, 0.3) is 0 Å². The fraction of sp³-hybridized carbons (Fsp3) is 0.600. The summed E-state index contributed by atoms with van der Waals surface area (Å²) in [5.74, 6) is 0.354. The van der Waals surface area contributed by atoms with Crippen molar-refractivity contribution in [2.24, 2.45) is 11.8 Å². The first-order valence-electron chi connectivity index (χ1n) is 7.73. The number of pyridine rings is 1. The van der Waals surface area contributed by atoms with E-state index >= 15 is 0 Å². The van der Waals surface area contributed by atoms with E-state index in [1.807, 2.05) is 0 Å². The number of aromatic nitrogens is 1. The van der Waals surface area contributed by atoms with Crippen molar-refractivity contribution in [3.05, 3.63) is 23.9 Å². The maximum Gasteiger partial charge on any atom is 0.259 e. The molecular formula is C15H21N3O5S. The van der Waals surface area contributed by atoms with E-state index in [2.05, 4.69) is 9.71 Å². The third-order valence-electron chi connectivity index (χ3n) is 4.53. The molecule has 0 spiro atoms. The van der Waals surface area contributed by atoms with Crippen molar-refractivity contribution in [3.8, 4) is 5.88 Å². The number of nitrogens with zero attached hydrogens (tertiary/aromatic N) is 2. The largest absolute Gasteiger partial charge is 0.480 e. The van der Waals surface area contributed by atoms with Gasteiger partial charge in [-0.2, -0.15) is 0 Å². The number of likely N-dealkylation sites (tertiary alicyclic amines) is 1. The predicted molar refractivity (Wildman–Crippen MR) is 86.3 cm³/mol. The van der Waals surface area contributed by atoms with Gasteiger partial charge in [0.2, 0.25) is 15.9 Å². The number of sulfonamides is 1. The van der Waals surface area contributed by atoms with Crippen molar-refractivity contribution in [1.82, 2.24) is 14.6 Å². The Balaban J connectivity index is 1.68. The molecule has 132 valence electrons. The van der Waals surface area contributed by atoms with Crippen LogP contribution in [0.3, 0.4) is 0 Å². The second kappa shape index (κ2) is 6.66. The average Bonchev–Trinajstić information content (AvgIpc) is 3.12. The normalized spacial score (nSPS) is 26.4. The highest BCUT2D eigenvalue weighted by Crippen LogP contribution is 2.34. The Morgan fingerprint density at radius 3 is 3.00 bits per heavy atom. The molecule has 9 heteroatoms. The molecule has 2 fully saturated rings. The van der Waals surface area contributed by atoms with E-state index in [1.54, 1.807) is 23.2 Å². The maximum atomic E-state index is 12.7. The molecule has 1 aromatic rings. The van der Waals surface area contributed by atoms with Gasteiger partial charge in [-0.1, -0.05) is 0 Å². The van der Waals surface area contributed by atoms with Crippen LogP contribution in [0.1, 0.15) is 10.4 Å². The van der Waals surface area contributed by atoms with Crippen LogP contribution in [0.5, 0.6) is 5.88 Å². The van der Waals surface area contributed by atoms with E-state index in [4.69, 9.17) is 9.47 Å². The fourth-order valence-electron chi connectivity index (χ4n) is 3.32. The van der Waals surface area contributed by atoms with Crippen LogP contribution < -0.4 is 9.46 Å². The van der Waals surface area contributed by atoms with Gasteiger partial charge in [-0.25, -0.2) is 18.1 Å². The van der Waals surface area contributed by atoms with Gasteiger partial charge in [0, 0.05) is 37.7 Å². The summed E-state index contributed by atoms with van der Waals surface area (Å²) in [5.41, 5.74) is 0.422. The lowest BCUT2D eigenvalue weighted by Gasteiger charge is -2.20. The minimum atomic E-state index is -3.23. The lowest BCUT2D eigenvalue weighted by atomic mass is 9.93. The van der Waals surface area contributed by atoms with Gasteiger partial charge in [0.15, 0.2) is 0 Å². The van der Waals surface area contributed by atoms with Gasteiger partial charge < -0.3 is 14.4 Å². The Bertz CT molecular complexity index is 724. The van der Waals surface area contributed by atoms with Crippen LogP contribution in [0.2, 0.25) is 0 Å². The van der Waals surface area contributed by atoms with Crippen LogP contribution in [-0.2, 0) is 14.8 Å². The van der Waals surface area contributed by atoms with E-state index in [0.717, 1.165) is 6.26 Å². The first kappa shape index (κ1) is 17.1. The standard InChI is InChI=1S/C15H21N3O5S/c1-22-14-11(4-3-5-16-14)15(19)18-7-12-10(6-17-24(2,20)21)9-23-13(12)8-18/h3-5,10,12-13,17H,6-9H2,1-2H3/t10-,12+,13+/m1/s1. The molecule has 0 bridgehead atoms. The van der Waals surface area contributed by atoms with Gasteiger partial charge in [0.1, 0.15) is 5.56 Å². The number of methoxy groups -OCH3 is 1. The number of nitrogens with one attached hydrogen (secondary N) is 1. The molecule has 1 amide bonds. The molecule has 3 heterocycles. The van der Waals surface area contributed by atoms with E-state index in [-0.39, 0.29) is 23.8 Å². The van der Waals surface area contributed by atoms with Gasteiger partial charge in [-0.15, -0.1) is 0 Å². The van der Waals surface area contributed by atoms with E-state index in [9.17, 15) is 13.2 Å². The summed E-state index contributed by atoms with van der Waals surface area (Å²) in [5, 5.41) is 0. The third-order valence-corrected chi connectivity index (χ3v) is 5.22. The fourth-order valence-corrected chi connectivity index (χ4v) is 3.84. The highest BCUT2D eigenvalue weighted by Gasteiger charge is 2.45. The molecule has 3 rings (SSSR count). The average molecular weight is 355 g/mol. The molecule has 0 saturated carbocycles. The molecule has 0 radical (unpaired) electrons. The van der Waals surface area contributed by atoms with Gasteiger partial charge in [-0.3, -0.25) is 4.79 Å². The monoisotopic (exact) mass is 355 g/mol. The number of ether oxygens (including phenoxy) is 2. The van der Waals surface area contributed by atoms with Crippen molar-refractivity contribution in [3.63, 3.8) is 0 Å². The molecule has 2 aliphatic rings. The third kappa shape index (κ3) is 3.52. The summed E-state index contributed by atoms with van der Waals surface area (Å²) in [6.45, 7) is 1.88. The first-order valence-corrected chi connectivity index (χ1v) is 9.62. The summed E-state index contributed by atoms with van der Waals surface area (Å²) >= 11 is 0. The maximum absolute atomic E-state index is 12.7. The number of fused-ring (bicyclic) bond motifs is 1. The molecule has 1 aromatic heterocycles. The van der Waals surface area contributed by atoms with Gasteiger partial charge in [0.05, 0.1) is 26.1 Å². The number of hydrogen-bond donors (Lipinski definition) is 1. The zero-order valence-electron chi connectivity index (χ0n) is 13.6. The smallest absolute Gasteiger partial charge is 0.259 e. The Labute approximate surface area is 141 Å². The molecule has 2 saturated heterocycles. The van der Waals surface area contributed by atoms with Crippen molar-refractivity contribution in [2.75, 3.05) is 39.6 Å². The minimum Gasteiger partial charge on any atom is -0.480 e. The quantitative estimate of drug-likeness (QED) is 0.781. The highest BCUT2D eigenvalue weighted by atomic mass is 32.2. The highest BCUT2D eigenvalue weighted by molar-refractivity contribution is 7.88. The molecule has 0 aromatic carbocycles. The lowest BCUT2D eigenvalue weighted by Crippen LogP contribution is -2.35. The zero-order chi connectivity index (χ0) is 17.3.